The molecule has 0 spiro atoms. The molecule has 0 aliphatic carbocycles. The van der Waals surface area contributed by atoms with Gasteiger partial charge in [0.15, 0.2) is 5.82 Å². The summed E-state index contributed by atoms with van der Waals surface area (Å²) in [5.41, 5.74) is 0. The van der Waals surface area contributed by atoms with Crippen LogP contribution in [0, 0.1) is 11.3 Å². The van der Waals surface area contributed by atoms with Crippen LogP contribution < -0.4 is 0 Å². The smallest absolute Gasteiger partial charge is 0.188 e. The molecule has 0 atom stereocenters. The van der Waals surface area contributed by atoms with Gasteiger partial charge in [0.05, 0.1) is 26.2 Å². The molecule has 0 bridgehead atoms. The van der Waals surface area contributed by atoms with Gasteiger partial charge in [-0.05, 0) is 11.8 Å². The van der Waals surface area contributed by atoms with Crippen molar-refractivity contribution in [3.63, 3.8) is 0 Å². The molecular weight excluding hydrogens is 168 g/mol. The summed E-state index contributed by atoms with van der Waals surface area (Å²) in [6.45, 7) is 3.78. The van der Waals surface area contributed by atoms with Crippen molar-refractivity contribution in [2.75, 3.05) is 13.1 Å². The summed E-state index contributed by atoms with van der Waals surface area (Å²) in [4.78, 5) is 3.35. The summed E-state index contributed by atoms with van der Waals surface area (Å²) in [5.74, 6) is 0.652. The zero-order valence-corrected chi connectivity index (χ0v) is 7.80. The number of rotatable bonds is 4. The second kappa shape index (κ2) is 4.52. The van der Waals surface area contributed by atoms with Crippen LogP contribution in [-0.2, 0) is 13.6 Å². The van der Waals surface area contributed by atoms with Crippen LogP contribution in [0.5, 0.6) is 0 Å². The maximum absolute atomic E-state index is 8.50. The predicted octanol–water partition coefficient (Wildman–Crippen LogP) is -0.444. The second-order valence-corrected chi connectivity index (χ2v) is 2.66. The van der Waals surface area contributed by atoms with Crippen molar-refractivity contribution in [2.45, 2.75) is 13.5 Å². The third kappa shape index (κ3) is 2.80. The molecule has 70 valence electrons. The summed E-state index contributed by atoms with van der Waals surface area (Å²) in [6, 6.07) is 2.09. The van der Waals surface area contributed by atoms with E-state index in [0.29, 0.717) is 18.9 Å². The number of tetrazole rings is 1. The third-order valence-electron chi connectivity index (χ3n) is 1.66. The lowest BCUT2D eigenvalue weighted by atomic mass is 10.4. The number of nitriles is 1. The minimum Gasteiger partial charge on any atom is -0.283 e. The van der Waals surface area contributed by atoms with Gasteiger partial charge in [-0.3, -0.25) is 4.90 Å². The van der Waals surface area contributed by atoms with Crippen LogP contribution in [0.4, 0.5) is 0 Å². The summed E-state index contributed by atoms with van der Waals surface area (Å²) in [6.07, 6.45) is 0. The molecule has 0 saturated carbocycles. The molecule has 6 nitrogen and oxygen atoms in total. The van der Waals surface area contributed by atoms with Gasteiger partial charge in [-0.25, -0.2) is 0 Å². The van der Waals surface area contributed by atoms with Gasteiger partial charge in [-0.2, -0.15) is 10.1 Å². The van der Waals surface area contributed by atoms with Crippen LogP contribution in [0.3, 0.4) is 0 Å². The van der Waals surface area contributed by atoms with Gasteiger partial charge in [0.1, 0.15) is 0 Å². The van der Waals surface area contributed by atoms with Crippen LogP contribution in [0.15, 0.2) is 0 Å². The highest BCUT2D eigenvalue weighted by Gasteiger charge is 2.06. The fourth-order valence-electron chi connectivity index (χ4n) is 0.966. The average molecular weight is 180 g/mol. The normalized spacial score (nSPS) is 10.3. The van der Waals surface area contributed by atoms with E-state index in [1.165, 1.54) is 4.80 Å². The molecule has 0 radical (unpaired) electrons. The summed E-state index contributed by atoms with van der Waals surface area (Å²) >= 11 is 0. The quantitative estimate of drug-likeness (QED) is 0.587. The van der Waals surface area contributed by atoms with Gasteiger partial charge in [0, 0.05) is 0 Å². The highest BCUT2D eigenvalue weighted by Crippen LogP contribution is 1.95. The molecule has 6 heteroatoms. The largest absolute Gasteiger partial charge is 0.283 e. The third-order valence-corrected chi connectivity index (χ3v) is 1.66. The van der Waals surface area contributed by atoms with Crippen LogP contribution >= 0.6 is 0 Å². The summed E-state index contributed by atoms with van der Waals surface area (Å²) in [7, 11) is 1.72. The van der Waals surface area contributed by atoms with Gasteiger partial charge >= 0.3 is 0 Å². The first-order valence-electron chi connectivity index (χ1n) is 4.08. The molecule has 0 aliphatic rings. The highest BCUT2D eigenvalue weighted by molar-refractivity contribution is 4.82. The first-order valence-corrected chi connectivity index (χ1v) is 4.08. The lowest BCUT2D eigenvalue weighted by Crippen LogP contribution is -2.23. The van der Waals surface area contributed by atoms with Gasteiger partial charge < -0.3 is 0 Å². The number of hydrogen-bond acceptors (Lipinski definition) is 5. The Labute approximate surface area is 76.8 Å². The fourth-order valence-corrected chi connectivity index (χ4v) is 0.966. The maximum atomic E-state index is 8.50. The van der Waals surface area contributed by atoms with Gasteiger partial charge in [0.2, 0.25) is 0 Å². The molecule has 1 heterocycles. The average Bonchev–Trinajstić information content (AvgIpc) is 2.50. The highest BCUT2D eigenvalue weighted by atomic mass is 15.6. The van der Waals surface area contributed by atoms with E-state index >= 15 is 0 Å². The van der Waals surface area contributed by atoms with E-state index < -0.39 is 0 Å². The zero-order chi connectivity index (χ0) is 9.68. The van der Waals surface area contributed by atoms with Crippen molar-refractivity contribution in [1.82, 2.24) is 25.1 Å². The molecule has 0 fully saturated rings. The summed E-state index contributed by atoms with van der Waals surface area (Å²) in [5, 5.41) is 20.1. The van der Waals surface area contributed by atoms with Crippen molar-refractivity contribution in [1.29, 1.82) is 5.26 Å². The summed E-state index contributed by atoms with van der Waals surface area (Å²) < 4.78 is 0. The van der Waals surface area contributed by atoms with E-state index in [0.717, 1.165) is 6.54 Å². The van der Waals surface area contributed by atoms with E-state index in [-0.39, 0.29) is 0 Å². The Hall–Kier alpha value is -1.48. The van der Waals surface area contributed by atoms with Gasteiger partial charge in [-0.1, -0.05) is 6.92 Å². The second-order valence-electron chi connectivity index (χ2n) is 2.66. The van der Waals surface area contributed by atoms with E-state index in [9.17, 15) is 0 Å². The van der Waals surface area contributed by atoms with Crippen molar-refractivity contribution in [2.24, 2.45) is 7.05 Å². The molecule has 1 aromatic heterocycles. The Balaban J connectivity index is 2.52. The molecule has 0 unspecified atom stereocenters. The Kier molecular flexibility index (Phi) is 3.34. The molecule has 1 rings (SSSR count). The van der Waals surface area contributed by atoms with Crippen molar-refractivity contribution >= 4 is 0 Å². The number of hydrogen-bond donors (Lipinski definition) is 0. The first kappa shape index (κ1) is 9.61. The molecule has 1 aromatic rings. The van der Waals surface area contributed by atoms with E-state index in [1.54, 1.807) is 7.05 Å². The molecule has 0 saturated heterocycles. The van der Waals surface area contributed by atoms with Crippen LogP contribution in [-0.4, -0.2) is 38.2 Å². The minimum atomic E-state index is 0.398. The standard InChI is InChI=1S/C7H12N6/c1-3-13(5-4-8)6-7-9-11-12(2)10-7/h3,5-6H2,1-2H3. The van der Waals surface area contributed by atoms with Crippen LogP contribution in [0.2, 0.25) is 0 Å². The Bertz CT molecular complexity index is 298. The Morgan fingerprint density at radius 3 is 2.85 bits per heavy atom. The molecule has 13 heavy (non-hydrogen) atoms. The number of aromatic nitrogens is 4. The predicted molar refractivity (Wildman–Crippen MR) is 45.4 cm³/mol. The van der Waals surface area contributed by atoms with Gasteiger partial charge in [-0.15, -0.1) is 10.2 Å². The molecule has 0 amide bonds. The SMILES string of the molecule is CCN(CC#N)Cc1nnn(C)n1. The molecular formula is C7H12N6. The zero-order valence-electron chi connectivity index (χ0n) is 7.80. The number of aryl methyl sites for hydroxylation is 1. The molecule has 0 N–H and O–H groups in total. The van der Waals surface area contributed by atoms with E-state index in [2.05, 4.69) is 21.5 Å². The Morgan fingerprint density at radius 2 is 2.38 bits per heavy atom. The van der Waals surface area contributed by atoms with Gasteiger partial charge in [0.25, 0.3) is 0 Å². The topological polar surface area (TPSA) is 70.6 Å². The number of nitrogens with zero attached hydrogens (tertiary/aromatic N) is 6. The molecule has 0 aromatic carbocycles. The fraction of sp³-hybridized carbons (Fsp3) is 0.714. The van der Waals surface area contributed by atoms with Crippen molar-refractivity contribution in [3.8, 4) is 6.07 Å². The van der Waals surface area contributed by atoms with Crippen molar-refractivity contribution < 1.29 is 0 Å². The first-order chi connectivity index (χ1) is 6.26. The minimum absolute atomic E-state index is 0.398. The van der Waals surface area contributed by atoms with Crippen LogP contribution in [0.25, 0.3) is 0 Å². The Morgan fingerprint density at radius 1 is 1.62 bits per heavy atom. The van der Waals surface area contributed by atoms with E-state index in [1.807, 2.05) is 11.8 Å². The molecule has 0 aliphatic heterocycles. The van der Waals surface area contributed by atoms with Crippen LogP contribution in [0.1, 0.15) is 12.7 Å². The maximum Gasteiger partial charge on any atom is 0.188 e. The lowest BCUT2D eigenvalue weighted by Gasteiger charge is -2.12. The lowest BCUT2D eigenvalue weighted by molar-refractivity contribution is 0.306. The van der Waals surface area contributed by atoms with Crippen molar-refractivity contribution in [3.05, 3.63) is 5.82 Å². The monoisotopic (exact) mass is 180 g/mol. The van der Waals surface area contributed by atoms with E-state index in [4.69, 9.17) is 5.26 Å².